The van der Waals surface area contributed by atoms with E-state index in [4.69, 9.17) is 5.73 Å². The van der Waals surface area contributed by atoms with Crippen molar-refractivity contribution < 1.29 is 22.7 Å². The molecule has 0 amide bonds. The molecule has 7 nitrogen and oxygen atoms in total. The van der Waals surface area contributed by atoms with Crippen LogP contribution in [0.4, 0.5) is 35.1 Å². The average molecular weight is 412 g/mol. The smallest absolute Gasteiger partial charge is 0.393 e. The highest BCUT2D eigenvalue weighted by Gasteiger charge is 2.37. The average Bonchev–Trinajstić information content (AvgIpc) is 2.65. The van der Waals surface area contributed by atoms with Crippen molar-refractivity contribution >= 4 is 17.6 Å². The highest BCUT2D eigenvalue weighted by Crippen LogP contribution is 2.37. The van der Waals surface area contributed by atoms with Crippen LogP contribution in [-0.2, 0) is 6.18 Å². The molecule has 2 aromatic rings. The Morgan fingerprint density at radius 3 is 2.34 bits per heavy atom. The lowest BCUT2D eigenvalue weighted by molar-refractivity contribution is -0.140. The number of aliphatic hydroxyl groups is 1. The summed E-state index contributed by atoms with van der Waals surface area (Å²) in [5.41, 5.74) is 4.15. The van der Waals surface area contributed by atoms with Gasteiger partial charge in [-0.05, 0) is 25.0 Å². The minimum atomic E-state index is -4.72. The number of halogens is 4. The lowest BCUT2D eigenvalue weighted by Gasteiger charge is -2.36. The topological polar surface area (TPSA) is 91.4 Å². The third kappa shape index (κ3) is 4.04. The number of hydrogen-bond donors (Lipinski definition) is 2. The fourth-order valence-electron chi connectivity index (χ4n) is 3.44. The van der Waals surface area contributed by atoms with Gasteiger partial charge in [-0.2, -0.15) is 18.2 Å². The van der Waals surface area contributed by atoms with Gasteiger partial charge in [0.1, 0.15) is 17.8 Å². The first kappa shape index (κ1) is 19.6. The largest absolute Gasteiger partial charge is 0.434 e. The van der Waals surface area contributed by atoms with Gasteiger partial charge in [-0.3, -0.25) is 0 Å². The molecule has 2 aliphatic rings. The first-order valence-corrected chi connectivity index (χ1v) is 9.26. The monoisotopic (exact) mass is 412 g/mol. The molecule has 4 rings (SSSR count). The van der Waals surface area contributed by atoms with Crippen LogP contribution in [-0.4, -0.2) is 58.5 Å². The number of anilines is 3. The molecule has 0 atom stereocenters. The summed E-state index contributed by atoms with van der Waals surface area (Å²) >= 11 is 0. The zero-order chi connectivity index (χ0) is 20.8. The van der Waals surface area contributed by atoms with Crippen LogP contribution in [0.1, 0.15) is 18.5 Å². The van der Waals surface area contributed by atoms with Crippen molar-refractivity contribution in [2.45, 2.75) is 31.3 Å². The highest BCUT2D eigenvalue weighted by atomic mass is 19.4. The van der Waals surface area contributed by atoms with E-state index in [-0.39, 0.29) is 36.1 Å². The van der Waals surface area contributed by atoms with Gasteiger partial charge >= 0.3 is 6.18 Å². The van der Waals surface area contributed by atoms with E-state index in [2.05, 4.69) is 15.0 Å². The van der Waals surface area contributed by atoms with Crippen molar-refractivity contribution in [3.8, 4) is 11.3 Å². The van der Waals surface area contributed by atoms with Gasteiger partial charge in [0.25, 0.3) is 0 Å². The fraction of sp³-hybridized carbons (Fsp3) is 0.500. The fourth-order valence-corrected chi connectivity index (χ4v) is 3.44. The van der Waals surface area contributed by atoms with E-state index in [1.54, 1.807) is 4.90 Å². The third-order valence-corrected chi connectivity index (χ3v) is 5.07. The molecule has 2 fully saturated rings. The second-order valence-electron chi connectivity index (χ2n) is 7.26. The Balaban J connectivity index is 1.79. The van der Waals surface area contributed by atoms with Crippen molar-refractivity contribution in [2.75, 3.05) is 41.7 Å². The summed E-state index contributed by atoms with van der Waals surface area (Å²) in [7, 11) is 0. The van der Waals surface area contributed by atoms with E-state index in [9.17, 15) is 22.7 Å². The number of nitrogens with two attached hydrogens (primary N) is 1. The summed E-state index contributed by atoms with van der Waals surface area (Å²) in [4.78, 5) is 15.7. The van der Waals surface area contributed by atoms with Crippen LogP contribution in [0.2, 0.25) is 0 Å². The normalized spacial score (nSPS) is 18.8. The van der Waals surface area contributed by atoms with Gasteiger partial charge < -0.3 is 20.6 Å². The standard InChI is InChI=1S/C18H20F4N6O/c19-10-8-28(9-10)15-7-13(12-1-2-14(23)25-16(12)18(20,21)22)24-17(26-15)27-5-3-11(29)4-6-27/h1-2,7,10-11,29H,3-6,8-9H2,(H2,23,25). The predicted octanol–water partition coefficient (Wildman–Crippen LogP) is 2.26. The summed E-state index contributed by atoms with van der Waals surface area (Å²) < 4.78 is 54.0. The van der Waals surface area contributed by atoms with E-state index in [0.29, 0.717) is 31.7 Å². The van der Waals surface area contributed by atoms with Gasteiger partial charge in [-0.25, -0.2) is 14.4 Å². The van der Waals surface area contributed by atoms with Gasteiger partial charge in [0.15, 0.2) is 5.69 Å². The maximum Gasteiger partial charge on any atom is 0.434 e. The second-order valence-corrected chi connectivity index (χ2v) is 7.26. The van der Waals surface area contributed by atoms with Crippen LogP contribution in [0.3, 0.4) is 0 Å². The van der Waals surface area contributed by atoms with Crippen molar-refractivity contribution in [3.05, 3.63) is 23.9 Å². The number of aliphatic hydroxyl groups excluding tert-OH is 1. The minimum Gasteiger partial charge on any atom is -0.393 e. The molecule has 2 aromatic heterocycles. The Labute approximate surface area is 164 Å². The SMILES string of the molecule is Nc1ccc(-c2cc(N3CC(F)C3)nc(N3CCC(O)CC3)n2)c(C(F)(F)F)n1. The lowest BCUT2D eigenvalue weighted by Crippen LogP contribution is -2.49. The number of rotatable bonds is 3. The zero-order valence-electron chi connectivity index (χ0n) is 15.4. The number of piperidine rings is 1. The molecule has 2 aliphatic heterocycles. The third-order valence-electron chi connectivity index (χ3n) is 5.07. The minimum absolute atomic E-state index is 0.0401. The first-order valence-electron chi connectivity index (χ1n) is 9.26. The molecule has 0 spiro atoms. The van der Waals surface area contributed by atoms with E-state index < -0.39 is 24.1 Å². The molecule has 0 radical (unpaired) electrons. The van der Waals surface area contributed by atoms with Crippen molar-refractivity contribution in [3.63, 3.8) is 0 Å². The van der Waals surface area contributed by atoms with Crippen LogP contribution in [0.5, 0.6) is 0 Å². The maximum absolute atomic E-state index is 13.5. The molecule has 4 heterocycles. The molecule has 11 heteroatoms. The zero-order valence-corrected chi connectivity index (χ0v) is 15.4. The molecule has 3 N–H and O–H groups in total. The van der Waals surface area contributed by atoms with Crippen molar-refractivity contribution in [2.24, 2.45) is 0 Å². The molecular weight excluding hydrogens is 392 g/mol. The van der Waals surface area contributed by atoms with Crippen LogP contribution < -0.4 is 15.5 Å². The molecule has 0 unspecified atom stereocenters. The number of aromatic nitrogens is 3. The van der Waals surface area contributed by atoms with Gasteiger partial charge in [-0.1, -0.05) is 0 Å². The molecule has 0 saturated carbocycles. The van der Waals surface area contributed by atoms with E-state index in [1.165, 1.54) is 18.2 Å². The highest BCUT2D eigenvalue weighted by molar-refractivity contribution is 5.69. The van der Waals surface area contributed by atoms with Crippen LogP contribution in [0, 0.1) is 0 Å². The molecule has 156 valence electrons. The molecule has 0 aromatic carbocycles. The Hall–Kier alpha value is -2.69. The molecule has 0 aliphatic carbocycles. The molecule has 0 bridgehead atoms. The summed E-state index contributed by atoms with van der Waals surface area (Å²) in [6.07, 6.45) is -5.11. The predicted molar refractivity (Wildman–Crippen MR) is 99.2 cm³/mol. The Bertz CT molecular complexity index is 894. The molecule has 2 saturated heterocycles. The van der Waals surface area contributed by atoms with E-state index in [0.717, 1.165) is 0 Å². The van der Waals surface area contributed by atoms with Gasteiger partial charge in [0.05, 0.1) is 24.9 Å². The number of nitrogen functional groups attached to an aromatic ring is 1. The Morgan fingerprint density at radius 1 is 1.03 bits per heavy atom. The van der Waals surface area contributed by atoms with Gasteiger partial charge in [0, 0.05) is 24.7 Å². The van der Waals surface area contributed by atoms with Crippen LogP contribution in [0.15, 0.2) is 18.2 Å². The lowest BCUT2D eigenvalue weighted by atomic mass is 10.1. The van der Waals surface area contributed by atoms with Gasteiger partial charge in [-0.15, -0.1) is 0 Å². The van der Waals surface area contributed by atoms with Crippen molar-refractivity contribution in [1.29, 1.82) is 0 Å². The summed E-state index contributed by atoms with van der Waals surface area (Å²) in [6.45, 7) is 1.20. The quantitative estimate of drug-likeness (QED) is 0.748. The number of pyridine rings is 1. The maximum atomic E-state index is 13.5. The van der Waals surface area contributed by atoms with Crippen LogP contribution in [0.25, 0.3) is 11.3 Å². The summed E-state index contributed by atoms with van der Waals surface area (Å²) in [5, 5.41) is 9.72. The summed E-state index contributed by atoms with van der Waals surface area (Å²) in [5.74, 6) is 0.357. The molecule has 29 heavy (non-hydrogen) atoms. The number of alkyl halides is 4. The summed E-state index contributed by atoms with van der Waals surface area (Å²) in [6, 6.07) is 3.93. The second kappa shape index (κ2) is 7.29. The van der Waals surface area contributed by atoms with E-state index in [1.807, 2.05) is 4.90 Å². The first-order chi connectivity index (χ1) is 13.7. The molecular formula is C18H20F4N6O. The number of nitrogens with zero attached hydrogens (tertiary/aromatic N) is 5. The Morgan fingerprint density at radius 2 is 1.72 bits per heavy atom. The van der Waals surface area contributed by atoms with Gasteiger partial charge in [0.2, 0.25) is 5.95 Å². The number of hydrogen-bond acceptors (Lipinski definition) is 7. The van der Waals surface area contributed by atoms with E-state index >= 15 is 0 Å². The van der Waals surface area contributed by atoms with Crippen LogP contribution >= 0.6 is 0 Å². The van der Waals surface area contributed by atoms with Crippen molar-refractivity contribution in [1.82, 2.24) is 15.0 Å². The Kier molecular flexibility index (Phi) is 4.93.